The van der Waals surface area contributed by atoms with Crippen LogP contribution in [0.2, 0.25) is 20.1 Å². The zero-order chi connectivity index (χ0) is 26.5. The lowest BCUT2D eigenvalue weighted by atomic mass is 10.1. The van der Waals surface area contributed by atoms with E-state index in [0.29, 0.717) is 17.0 Å². The van der Waals surface area contributed by atoms with Crippen molar-refractivity contribution in [1.29, 1.82) is 0 Å². The van der Waals surface area contributed by atoms with Crippen molar-refractivity contribution in [2.24, 2.45) is 0 Å². The average molecular weight is 583 g/mol. The maximum Gasteiger partial charge on any atom is 0.244 e. The maximum atomic E-state index is 13.5. The highest BCUT2D eigenvalue weighted by atomic mass is 35.5. The Morgan fingerprint density at radius 3 is 2.17 bits per heavy atom. The van der Waals surface area contributed by atoms with E-state index in [0.717, 1.165) is 10.6 Å². The van der Waals surface area contributed by atoms with E-state index in [4.69, 9.17) is 46.4 Å². The second-order valence-electron chi connectivity index (χ2n) is 8.13. The van der Waals surface area contributed by atoms with Gasteiger partial charge < -0.3 is 10.2 Å². The Bertz CT molecular complexity index is 1190. The number of carbonyl (C=O) groups is 2. The van der Waals surface area contributed by atoms with Gasteiger partial charge in [0.05, 0.1) is 27.0 Å². The van der Waals surface area contributed by atoms with E-state index in [1.54, 1.807) is 25.1 Å². The van der Waals surface area contributed by atoms with Crippen molar-refractivity contribution in [1.82, 2.24) is 10.2 Å². The van der Waals surface area contributed by atoms with Crippen molar-refractivity contribution in [2.75, 3.05) is 17.1 Å². The fourth-order valence-electron chi connectivity index (χ4n) is 3.15. The molecule has 12 heteroatoms. The molecule has 2 aromatic rings. The number of hydrogen-bond donors (Lipinski definition) is 1. The third-order valence-corrected chi connectivity index (χ3v) is 7.78. The van der Waals surface area contributed by atoms with Gasteiger partial charge in [-0.3, -0.25) is 13.9 Å². The van der Waals surface area contributed by atoms with Gasteiger partial charge in [0.15, 0.2) is 0 Å². The van der Waals surface area contributed by atoms with Crippen LogP contribution >= 0.6 is 46.4 Å². The third-order valence-electron chi connectivity index (χ3n) is 5.36. The standard InChI is InChI=1S/C23H27Cl4N3O4S/c1-5-14(2)28-23(32)15(3)29(12-16-6-8-18(25)20(27)10-16)22(31)13-30(35(4,33)34)21-11-17(24)7-9-19(21)26/h6-11,14-15H,5,12-13H2,1-4H3,(H,28,32)/t14-,15-/m0/s1. The molecule has 0 bridgehead atoms. The molecule has 2 atom stereocenters. The summed E-state index contributed by atoms with van der Waals surface area (Å²) in [6.07, 6.45) is 1.66. The van der Waals surface area contributed by atoms with E-state index < -0.39 is 28.5 Å². The molecule has 0 aliphatic heterocycles. The van der Waals surface area contributed by atoms with Crippen molar-refractivity contribution in [3.8, 4) is 0 Å². The zero-order valence-electron chi connectivity index (χ0n) is 19.7. The first kappa shape index (κ1) is 29.5. The Kier molecular flexibility index (Phi) is 10.5. The second kappa shape index (κ2) is 12.5. The molecule has 0 radical (unpaired) electrons. The molecule has 0 heterocycles. The van der Waals surface area contributed by atoms with Crippen LogP contribution in [0.15, 0.2) is 36.4 Å². The Hall–Kier alpha value is -1.71. The summed E-state index contributed by atoms with van der Waals surface area (Å²) in [5, 5.41) is 3.84. The molecule has 0 saturated carbocycles. The highest BCUT2D eigenvalue weighted by molar-refractivity contribution is 7.92. The number of hydrogen-bond acceptors (Lipinski definition) is 4. The maximum absolute atomic E-state index is 13.5. The normalized spacial score (nSPS) is 13.1. The van der Waals surface area contributed by atoms with Gasteiger partial charge in [-0.25, -0.2) is 8.42 Å². The summed E-state index contributed by atoms with van der Waals surface area (Å²) in [7, 11) is -3.94. The lowest BCUT2D eigenvalue weighted by molar-refractivity contribution is -0.139. The molecule has 0 aliphatic rings. The van der Waals surface area contributed by atoms with Gasteiger partial charge in [-0.2, -0.15) is 0 Å². The number of nitrogens with one attached hydrogen (secondary N) is 1. The first-order valence-electron chi connectivity index (χ1n) is 10.7. The second-order valence-corrected chi connectivity index (χ2v) is 11.7. The largest absolute Gasteiger partial charge is 0.352 e. The molecule has 35 heavy (non-hydrogen) atoms. The molecule has 7 nitrogen and oxygen atoms in total. The molecule has 2 aromatic carbocycles. The van der Waals surface area contributed by atoms with Gasteiger partial charge in [-0.15, -0.1) is 0 Å². The fourth-order valence-corrected chi connectivity index (χ4v) is 4.76. The quantitative estimate of drug-likeness (QED) is 0.406. The van der Waals surface area contributed by atoms with E-state index in [2.05, 4.69) is 5.32 Å². The molecule has 2 rings (SSSR count). The number of carbonyl (C=O) groups excluding carboxylic acids is 2. The van der Waals surface area contributed by atoms with Gasteiger partial charge in [0.2, 0.25) is 21.8 Å². The van der Waals surface area contributed by atoms with Crippen molar-refractivity contribution in [3.63, 3.8) is 0 Å². The Morgan fingerprint density at radius 2 is 1.60 bits per heavy atom. The highest BCUT2D eigenvalue weighted by Gasteiger charge is 2.31. The number of benzene rings is 2. The lowest BCUT2D eigenvalue weighted by Gasteiger charge is -2.32. The fraction of sp³-hybridized carbons (Fsp3) is 0.391. The summed E-state index contributed by atoms with van der Waals surface area (Å²) in [6.45, 7) is 4.74. The van der Waals surface area contributed by atoms with Crippen LogP contribution in [0, 0.1) is 0 Å². The molecule has 0 aromatic heterocycles. The van der Waals surface area contributed by atoms with Crippen LogP contribution < -0.4 is 9.62 Å². The van der Waals surface area contributed by atoms with Crippen molar-refractivity contribution in [3.05, 3.63) is 62.1 Å². The molecule has 0 unspecified atom stereocenters. The summed E-state index contributed by atoms with van der Waals surface area (Å²) < 4.78 is 26.1. The van der Waals surface area contributed by atoms with E-state index in [1.165, 1.54) is 23.1 Å². The highest BCUT2D eigenvalue weighted by Crippen LogP contribution is 2.31. The topological polar surface area (TPSA) is 86.8 Å². The van der Waals surface area contributed by atoms with Gasteiger partial charge >= 0.3 is 0 Å². The minimum Gasteiger partial charge on any atom is -0.352 e. The summed E-state index contributed by atoms with van der Waals surface area (Å²) in [5.41, 5.74) is 0.670. The molecule has 2 amide bonds. The van der Waals surface area contributed by atoms with Crippen molar-refractivity contribution < 1.29 is 18.0 Å². The number of nitrogens with zero attached hydrogens (tertiary/aromatic N) is 2. The average Bonchev–Trinajstić information content (AvgIpc) is 2.78. The SMILES string of the molecule is CC[C@H](C)NC(=O)[C@H](C)N(Cc1ccc(Cl)c(Cl)c1)C(=O)CN(c1cc(Cl)ccc1Cl)S(C)(=O)=O. The molecule has 0 aliphatic carbocycles. The lowest BCUT2D eigenvalue weighted by Crippen LogP contribution is -2.52. The van der Waals surface area contributed by atoms with E-state index in [1.807, 2.05) is 13.8 Å². The number of halogens is 4. The van der Waals surface area contributed by atoms with E-state index in [-0.39, 0.29) is 39.2 Å². The zero-order valence-corrected chi connectivity index (χ0v) is 23.5. The van der Waals surface area contributed by atoms with Gasteiger partial charge in [0, 0.05) is 17.6 Å². The van der Waals surface area contributed by atoms with Crippen molar-refractivity contribution in [2.45, 2.75) is 45.8 Å². The van der Waals surface area contributed by atoms with Crippen LogP contribution in [0.4, 0.5) is 5.69 Å². The molecule has 192 valence electrons. The monoisotopic (exact) mass is 581 g/mol. The van der Waals surface area contributed by atoms with Gasteiger partial charge in [0.1, 0.15) is 12.6 Å². The molecule has 0 saturated heterocycles. The van der Waals surface area contributed by atoms with Crippen LogP contribution in [0.5, 0.6) is 0 Å². The smallest absolute Gasteiger partial charge is 0.244 e. The number of sulfonamides is 1. The van der Waals surface area contributed by atoms with E-state index >= 15 is 0 Å². The van der Waals surface area contributed by atoms with Crippen LogP contribution in [-0.4, -0.2) is 50.0 Å². The van der Waals surface area contributed by atoms with Crippen LogP contribution in [-0.2, 0) is 26.2 Å². The number of rotatable bonds is 10. The summed E-state index contributed by atoms with van der Waals surface area (Å²) in [4.78, 5) is 27.7. The van der Waals surface area contributed by atoms with E-state index in [9.17, 15) is 18.0 Å². The predicted molar refractivity (Wildman–Crippen MR) is 143 cm³/mol. The number of amides is 2. The summed E-state index contributed by atoms with van der Waals surface area (Å²) in [6, 6.07) is 8.14. The minimum atomic E-state index is -3.94. The van der Waals surface area contributed by atoms with Crippen LogP contribution in [0.1, 0.15) is 32.8 Å². The Morgan fingerprint density at radius 1 is 0.971 bits per heavy atom. The first-order chi connectivity index (χ1) is 16.2. The first-order valence-corrected chi connectivity index (χ1v) is 14.1. The van der Waals surface area contributed by atoms with Gasteiger partial charge in [0.25, 0.3) is 0 Å². The summed E-state index contributed by atoms with van der Waals surface area (Å²) in [5.74, 6) is -0.996. The van der Waals surface area contributed by atoms with Gasteiger partial charge in [-0.1, -0.05) is 59.4 Å². The van der Waals surface area contributed by atoms with Crippen molar-refractivity contribution >= 4 is 73.9 Å². The number of anilines is 1. The minimum absolute atomic E-state index is 0.00824. The third kappa shape index (κ3) is 8.15. The van der Waals surface area contributed by atoms with Crippen LogP contribution in [0.25, 0.3) is 0 Å². The Balaban J connectivity index is 2.45. The molecular weight excluding hydrogens is 556 g/mol. The molecule has 1 N–H and O–H groups in total. The predicted octanol–water partition coefficient (Wildman–Crippen LogP) is 5.40. The summed E-state index contributed by atoms with van der Waals surface area (Å²) >= 11 is 24.4. The molecular formula is C23H27Cl4N3O4S. The van der Waals surface area contributed by atoms with Crippen LogP contribution in [0.3, 0.4) is 0 Å². The Labute approximate surface area is 226 Å². The van der Waals surface area contributed by atoms with Gasteiger partial charge in [-0.05, 0) is 56.2 Å². The molecule has 0 spiro atoms. The molecule has 0 fully saturated rings.